The van der Waals surface area contributed by atoms with Crippen LogP contribution in [0.15, 0.2) is 35.7 Å². The third-order valence-corrected chi connectivity index (χ3v) is 5.45. The van der Waals surface area contributed by atoms with Gasteiger partial charge in [-0.05, 0) is 23.6 Å². The first-order valence-corrected chi connectivity index (χ1v) is 9.87. The minimum atomic E-state index is -3.50. The van der Waals surface area contributed by atoms with Gasteiger partial charge in [-0.25, -0.2) is 8.42 Å². The van der Waals surface area contributed by atoms with E-state index in [1.807, 2.05) is 5.38 Å². The Kier molecular flexibility index (Phi) is 4.63. The van der Waals surface area contributed by atoms with Crippen LogP contribution in [0.1, 0.15) is 9.67 Å². The maximum atomic E-state index is 12.1. The Morgan fingerprint density at radius 3 is 2.79 bits per heavy atom. The number of rotatable bonds is 6. The number of hydrogen-bond donors (Lipinski definition) is 1. The van der Waals surface area contributed by atoms with Gasteiger partial charge in [-0.3, -0.25) is 9.10 Å². The maximum absolute atomic E-state index is 12.1. The summed E-state index contributed by atoms with van der Waals surface area (Å²) in [5.41, 5.74) is 0.465. The maximum Gasteiger partial charge on any atom is 0.261 e. The molecular weight excluding hydrogens is 352 g/mol. The summed E-state index contributed by atoms with van der Waals surface area (Å²) in [6, 6.07) is 8.43. The van der Waals surface area contributed by atoms with E-state index < -0.39 is 10.0 Å². The lowest BCUT2D eigenvalue weighted by Crippen LogP contribution is -2.38. The predicted molar refractivity (Wildman–Crippen MR) is 91.4 cm³/mol. The van der Waals surface area contributed by atoms with Crippen molar-refractivity contribution in [3.05, 3.63) is 40.6 Å². The van der Waals surface area contributed by atoms with Gasteiger partial charge in [-0.15, -0.1) is 11.3 Å². The van der Waals surface area contributed by atoms with Crippen LogP contribution < -0.4 is 19.1 Å². The summed E-state index contributed by atoms with van der Waals surface area (Å²) in [6.45, 7) is 0.433. The van der Waals surface area contributed by atoms with Crippen molar-refractivity contribution in [2.24, 2.45) is 0 Å². The van der Waals surface area contributed by atoms with Crippen LogP contribution in [0, 0.1) is 0 Å². The molecule has 1 N–H and O–H groups in total. The number of carbonyl (C=O) groups excluding carboxylic acids is 1. The van der Waals surface area contributed by atoms with Crippen LogP contribution in [-0.2, 0) is 10.0 Å². The van der Waals surface area contributed by atoms with Crippen molar-refractivity contribution in [3.63, 3.8) is 0 Å². The zero-order valence-electron chi connectivity index (χ0n) is 12.9. The molecule has 0 fully saturated rings. The number of fused-ring (bicyclic) bond motifs is 1. The Hall–Kier alpha value is -2.26. The van der Waals surface area contributed by atoms with E-state index in [1.165, 1.54) is 15.6 Å². The highest BCUT2D eigenvalue weighted by molar-refractivity contribution is 7.92. The van der Waals surface area contributed by atoms with Crippen molar-refractivity contribution in [1.29, 1.82) is 0 Å². The highest BCUT2D eigenvalue weighted by atomic mass is 32.2. The number of benzene rings is 1. The van der Waals surface area contributed by atoms with Gasteiger partial charge in [0.2, 0.25) is 16.8 Å². The average Bonchev–Trinajstić information content (AvgIpc) is 3.20. The third-order valence-electron chi connectivity index (χ3n) is 3.39. The van der Waals surface area contributed by atoms with E-state index in [9.17, 15) is 13.2 Å². The Morgan fingerprint density at radius 2 is 2.08 bits per heavy atom. The molecule has 2 aromatic rings. The lowest BCUT2D eigenvalue weighted by molar-refractivity contribution is 0.0959. The Morgan fingerprint density at radius 1 is 1.29 bits per heavy atom. The molecule has 0 radical (unpaired) electrons. The molecule has 0 saturated heterocycles. The minimum absolute atomic E-state index is 0.120. The smallest absolute Gasteiger partial charge is 0.261 e. The van der Waals surface area contributed by atoms with E-state index in [0.717, 1.165) is 6.26 Å². The second-order valence-electron chi connectivity index (χ2n) is 5.11. The van der Waals surface area contributed by atoms with Gasteiger partial charge in [0.25, 0.3) is 5.91 Å². The SMILES string of the molecule is CS(=O)(=O)N(CCNC(=O)c1cccs1)c1ccc2c(c1)OCO2. The number of sulfonamides is 1. The molecule has 1 amide bonds. The first-order valence-electron chi connectivity index (χ1n) is 7.14. The molecule has 9 heteroatoms. The molecule has 0 spiro atoms. The van der Waals surface area contributed by atoms with Gasteiger partial charge in [-0.2, -0.15) is 0 Å². The summed E-state index contributed by atoms with van der Waals surface area (Å²) in [5, 5.41) is 4.53. The van der Waals surface area contributed by atoms with Crippen molar-refractivity contribution in [2.45, 2.75) is 0 Å². The first-order chi connectivity index (χ1) is 11.4. The van der Waals surface area contributed by atoms with Crippen molar-refractivity contribution < 1.29 is 22.7 Å². The highest BCUT2D eigenvalue weighted by Crippen LogP contribution is 2.35. The van der Waals surface area contributed by atoms with Crippen LogP contribution in [0.5, 0.6) is 11.5 Å². The lowest BCUT2D eigenvalue weighted by atomic mass is 10.3. The fourth-order valence-corrected chi connectivity index (χ4v) is 3.85. The van der Waals surface area contributed by atoms with Crippen molar-refractivity contribution in [1.82, 2.24) is 5.32 Å². The van der Waals surface area contributed by atoms with Gasteiger partial charge in [0, 0.05) is 12.6 Å². The molecule has 0 bridgehead atoms. The molecule has 128 valence electrons. The van der Waals surface area contributed by atoms with Crippen LogP contribution in [0.2, 0.25) is 0 Å². The van der Waals surface area contributed by atoms with Crippen LogP contribution in [-0.4, -0.2) is 40.5 Å². The van der Waals surface area contributed by atoms with E-state index in [2.05, 4.69) is 5.32 Å². The fourth-order valence-electron chi connectivity index (χ4n) is 2.29. The van der Waals surface area contributed by atoms with Crippen LogP contribution >= 0.6 is 11.3 Å². The second-order valence-corrected chi connectivity index (χ2v) is 7.96. The molecule has 0 saturated carbocycles. The number of amides is 1. The highest BCUT2D eigenvalue weighted by Gasteiger charge is 2.21. The second kappa shape index (κ2) is 6.70. The number of nitrogens with one attached hydrogen (secondary N) is 1. The number of anilines is 1. The molecule has 24 heavy (non-hydrogen) atoms. The molecule has 1 aromatic carbocycles. The van der Waals surface area contributed by atoms with E-state index >= 15 is 0 Å². The molecule has 0 atom stereocenters. The topological polar surface area (TPSA) is 84.9 Å². The third kappa shape index (κ3) is 3.62. The van der Waals surface area contributed by atoms with Gasteiger partial charge < -0.3 is 14.8 Å². The summed E-state index contributed by atoms with van der Waals surface area (Å²) >= 11 is 1.33. The summed E-state index contributed by atoms with van der Waals surface area (Å²) in [5.74, 6) is 0.867. The minimum Gasteiger partial charge on any atom is -0.454 e. The summed E-state index contributed by atoms with van der Waals surface area (Å²) in [7, 11) is -3.50. The van der Waals surface area contributed by atoms with Crippen molar-refractivity contribution in [2.75, 3.05) is 30.4 Å². The molecular formula is C15H16N2O5S2. The molecule has 7 nitrogen and oxygen atoms in total. The first kappa shape index (κ1) is 16.6. The van der Waals surface area contributed by atoms with E-state index in [4.69, 9.17) is 9.47 Å². The van der Waals surface area contributed by atoms with Crippen LogP contribution in [0.25, 0.3) is 0 Å². The van der Waals surface area contributed by atoms with Gasteiger partial charge in [0.1, 0.15) is 0 Å². The Labute approximate surface area is 143 Å². The number of thiophene rings is 1. The molecule has 1 aliphatic heterocycles. The summed E-state index contributed by atoms with van der Waals surface area (Å²) < 4.78 is 35.9. The zero-order chi connectivity index (χ0) is 17.2. The number of carbonyl (C=O) groups is 1. The number of ether oxygens (including phenoxy) is 2. The summed E-state index contributed by atoms with van der Waals surface area (Å²) in [4.78, 5) is 12.5. The molecule has 1 aliphatic rings. The average molecular weight is 368 g/mol. The van der Waals surface area contributed by atoms with Crippen LogP contribution in [0.3, 0.4) is 0 Å². The van der Waals surface area contributed by atoms with Gasteiger partial charge >= 0.3 is 0 Å². The van der Waals surface area contributed by atoms with E-state index in [0.29, 0.717) is 22.1 Å². The van der Waals surface area contributed by atoms with E-state index in [1.54, 1.807) is 30.3 Å². The van der Waals surface area contributed by atoms with Crippen LogP contribution in [0.4, 0.5) is 5.69 Å². The predicted octanol–water partition coefficient (Wildman–Crippen LogP) is 1.67. The van der Waals surface area contributed by atoms with E-state index in [-0.39, 0.29) is 25.8 Å². The van der Waals surface area contributed by atoms with Crippen molar-refractivity contribution >= 4 is 33.0 Å². The Balaban J connectivity index is 1.70. The standard InChI is InChI=1S/C15H16N2O5S2/c1-24(19,20)17(7-6-16-15(18)14-3-2-8-23-14)11-4-5-12-13(9-11)22-10-21-12/h2-5,8-9H,6-7,10H2,1H3,(H,16,18). The van der Waals surface area contributed by atoms with Crippen molar-refractivity contribution in [3.8, 4) is 11.5 Å². The molecule has 1 aromatic heterocycles. The fraction of sp³-hybridized carbons (Fsp3) is 0.267. The monoisotopic (exact) mass is 368 g/mol. The quantitative estimate of drug-likeness (QED) is 0.838. The summed E-state index contributed by atoms with van der Waals surface area (Å²) in [6.07, 6.45) is 1.12. The Bertz CT molecular complexity index is 834. The normalized spacial score (nSPS) is 12.9. The number of nitrogens with zero attached hydrogens (tertiary/aromatic N) is 1. The largest absolute Gasteiger partial charge is 0.454 e. The zero-order valence-corrected chi connectivity index (χ0v) is 14.5. The molecule has 0 aliphatic carbocycles. The van der Waals surface area contributed by atoms with Gasteiger partial charge in [-0.1, -0.05) is 6.07 Å². The molecule has 3 rings (SSSR count). The molecule has 2 heterocycles. The number of hydrogen-bond acceptors (Lipinski definition) is 6. The van der Waals surface area contributed by atoms with Gasteiger partial charge in [0.05, 0.1) is 23.4 Å². The van der Waals surface area contributed by atoms with Gasteiger partial charge in [0.15, 0.2) is 11.5 Å². The molecule has 0 unspecified atom stereocenters. The lowest BCUT2D eigenvalue weighted by Gasteiger charge is -2.22.